The fourth-order valence-corrected chi connectivity index (χ4v) is 4.71. The topological polar surface area (TPSA) is 82.9 Å². The Hall–Kier alpha value is -2.96. The number of nitrogens with zero attached hydrogens (tertiary/aromatic N) is 4. The van der Waals surface area contributed by atoms with Crippen molar-refractivity contribution in [2.75, 3.05) is 65.8 Å². The van der Waals surface area contributed by atoms with Gasteiger partial charge in [0.05, 0.1) is 53.3 Å². The lowest BCUT2D eigenvalue weighted by molar-refractivity contribution is 0.149. The van der Waals surface area contributed by atoms with Crippen LogP contribution in [0.4, 0.5) is 11.4 Å². The van der Waals surface area contributed by atoms with E-state index in [1.807, 2.05) is 0 Å². The summed E-state index contributed by atoms with van der Waals surface area (Å²) < 4.78 is 39.6. The molecule has 8 nitrogen and oxygen atoms in total. The van der Waals surface area contributed by atoms with E-state index in [1.165, 1.54) is 13.3 Å². The molecule has 4 rings (SSSR count). The summed E-state index contributed by atoms with van der Waals surface area (Å²) in [4.78, 5) is 8.30. The summed E-state index contributed by atoms with van der Waals surface area (Å²) in [6, 6.07) is 8.99. The van der Waals surface area contributed by atoms with E-state index in [2.05, 4.69) is 21.3 Å². The SMILES string of the molecule is [2H]C([2H])([2H])N1CCN(CCCCOc2cc3ncc(C#N)c(Nc4cc(OC)c(Cl)cc4Cl)c3cc2OC)CC1. The number of hydrogen-bond donors (Lipinski definition) is 1. The van der Waals surface area contributed by atoms with Crippen LogP contribution in [-0.4, -0.2) is 75.3 Å². The molecule has 0 aliphatic carbocycles. The third-order valence-corrected chi connectivity index (χ3v) is 6.88. The second-order valence-corrected chi connectivity index (χ2v) is 9.47. The zero-order valence-electron chi connectivity index (χ0n) is 23.8. The highest BCUT2D eigenvalue weighted by Gasteiger charge is 2.17. The second kappa shape index (κ2) is 12.5. The summed E-state index contributed by atoms with van der Waals surface area (Å²) in [5, 5.41) is 14.4. The summed E-state index contributed by atoms with van der Waals surface area (Å²) >= 11 is 12.6. The quantitative estimate of drug-likeness (QED) is 0.330. The van der Waals surface area contributed by atoms with Crippen LogP contribution in [0.1, 0.15) is 22.5 Å². The highest BCUT2D eigenvalue weighted by atomic mass is 35.5. The molecule has 2 heterocycles. The van der Waals surface area contributed by atoms with Gasteiger partial charge in [-0.25, -0.2) is 0 Å². The van der Waals surface area contributed by atoms with Crippen LogP contribution in [0.2, 0.25) is 10.0 Å². The molecule has 37 heavy (non-hydrogen) atoms. The van der Waals surface area contributed by atoms with E-state index < -0.39 is 6.98 Å². The van der Waals surface area contributed by atoms with Gasteiger partial charge in [0, 0.05) is 54.0 Å². The average Bonchev–Trinajstić information content (AvgIpc) is 2.93. The maximum Gasteiger partial charge on any atom is 0.163 e. The van der Waals surface area contributed by atoms with Crippen molar-refractivity contribution in [2.24, 2.45) is 0 Å². The number of anilines is 2. The molecular formula is C27H31Cl2N5O3. The van der Waals surface area contributed by atoms with Gasteiger partial charge in [-0.1, -0.05) is 23.2 Å². The Kier molecular flexibility index (Phi) is 7.85. The van der Waals surface area contributed by atoms with Crippen LogP contribution in [0.3, 0.4) is 0 Å². The number of halogens is 2. The molecule has 2 aromatic carbocycles. The predicted molar refractivity (Wildman–Crippen MR) is 148 cm³/mol. The van der Waals surface area contributed by atoms with Crippen LogP contribution < -0.4 is 19.5 Å². The molecule has 0 unspecified atom stereocenters. The number of nitriles is 1. The number of fused-ring (bicyclic) bond motifs is 1. The molecule has 10 heteroatoms. The summed E-state index contributed by atoms with van der Waals surface area (Å²) in [5.41, 5.74) is 1.97. The van der Waals surface area contributed by atoms with Gasteiger partial charge in [-0.05, 0) is 38.5 Å². The second-order valence-electron chi connectivity index (χ2n) is 8.65. The fourth-order valence-electron chi connectivity index (χ4n) is 4.20. The van der Waals surface area contributed by atoms with Gasteiger partial charge in [0.15, 0.2) is 11.5 Å². The van der Waals surface area contributed by atoms with Gasteiger partial charge in [0.1, 0.15) is 11.8 Å². The molecule has 1 aromatic heterocycles. The Bertz CT molecular complexity index is 1390. The summed E-state index contributed by atoms with van der Waals surface area (Å²) in [6.45, 7) is 1.96. The van der Waals surface area contributed by atoms with Crippen molar-refractivity contribution in [3.05, 3.63) is 46.1 Å². The minimum Gasteiger partial charge on any atom is -0.495 e. The van der Waals surface area contributed by atoms with Gasteiger partial charge in [0.25, 0.3) is 0 Å². The maximum absolute atomic E-state index is 9.77. The lowest BCUT2D eigenvalue weighted by atomic mass is 10.1. The van der Waals surface area contributed by atoms with E-state index >= 15 is 0 Å². The lowest BCUT2D eigenvalue weighted by Gasteiger charge is -2.32. The molecule has 0 spiro atoms. The molecule has 0 amide bonds. The Morgan fingerprint density at radius 2 is 1.81 bits per heavy atom. The first-order valence-electron chi connectivity index (χ1n) is 13.5. The Morgan fingerprint density at radius 3 is 2.51 bits per heavy atom. The number of unbranched alkanes of at least 4 members (excludes halogenated alkanes) is 1. The van der Waals surface area contributed by atoms with E-state index in [1.54, 1.807) is 36.3 Å². The fraction of sp³-hybridized carbons (Fsp3) is 0.407. The molecule has 1 N–H and O–H groups in total. The van der Waals surface area contributed by atoms with Crippen molar-refractivity contribution >= 4 is 45.5 Å². The van der Waals surface area contributed by atoms with Crippen molar-refractivity contribution in [1.82, 2.24) is 14.8 Å². The van der Waals surface area contributed by atoms with Crippen LogP contribution in [0.15, 0.2) is 30.5 Å². The molecule has 0 atom stereocenters. The summed E-state index contributed by atoms with van der Waals surface area (Å²) in [5.74, 6) is 1.50. The Balaban J connectivity index is 1.44. The summed E-state index contributed by atoms with van der Waals surface area (Å²) in [7, 11) is 3.07. The number of nitrogens with one attached hydrogen (secondary N) is 1. The zero-order chi connectivity index (χ0) is 28.9. The Morgan fingerprint density at radius 1 is 1.03 bits per heavy atom. The van der Waals surface area contributed by atoms with Crippen molar-refractivity contribution < 1.29 is 18.3 Å². The molecule has 1 fully saturated rings. The smallest absolute Gasteiger partial charge is 0.163 e. The van der Waals surface area contributed by atoms with Gasteiger partial charge in [-0.3, -0.25) is 4.98 Å². The molecule has 0 radical (unpaired) electrons. The van der Waals surface area contributed by atoms with Crippen molar-refractivity contribution in [3.8, 4) is 23.3 Å². The highest BCUT2D eigenvalue weighted by Crippen LogP contribution is 2.40. The van der Waals surface area contributed by atoms with Crippen molar-refractivity contribution in [2.45, 2.75) is 12.8 Å². The van der Waals surface area contributed by atoms with Crippen molar-refractivity contribution in [1.29, 1.82) is 5.26 Å². The number of rotatable bonds is 10. The van der Waals surface area contributed by atoms with Crippen LogP contribution >= 0.6 is 23.2 Å². The van der Waals surface area contributed by atoms with Crippen LogP contribution in [-0.2, 0) is 0 Å². The van der Waals surface area contributed by atoms with Gasteiger partial charge < -0.3 is 29.3 Å². The lowest BCUT2D eigenvalue weighted by Crippen LogP contribution is -2.44. The highest BCUT2D eigenvalue weighted by molar-refractivity contribution is 6.37. The minimum absolute atomic E-state index is 0.327. The molecule has 3 aromatic rings. The summed E-state index contributed by atoms with van der Waals surface area (Å²) in [6.07, 6.45) is 3.24. The van der Waals surface area contributed by atoms with Gasteiger partial charge in [0.2, 0.25) is 0 Å². The van der Waals surface area contributed by atoms with Crippen molar-refractivity contribution in [3.63, 3.8) is 0 Å². The molecule has 1 aliphatic rings. The molecular weight excluding hydrogens is 513 g/mol. The van der Waals surface area contributed by atoms with Crippen LogP contribution in [0.25, 0.3) is 10.9 Å². The normalized spacial score (nSPS) is 15.9. The molecule has 0 bridgehead atoms. The van der Waals surface area contributed by atoms with Crippen LogP contribution in [0, 0.1) is 11.3 Å². The first kappa shape index (κ1) is 23.2. The molecule has 0 saturated carbocycles. The number of piperazine rings is 1. The monoisotopic (exact) mass is 546 g/mol. The largest absolute Gasteiger partial charge is 0.495 e. The number of pyridine rings is 1. The number of methoxy groups -OCH3 is 2. The number of hydrogen-bond acceptors (Lipinski definition) is 8. The number of benzene rings is 2. The van der Waals surface area contributed by atoms with Gasteiger partial charge in [-0.15, -0.1) is 0 Å². The standard InChI is InChI=1S/C27H31Cl2N5O3/c1-33-7-9-34(10-8-33)6-4-5-11-37-26-14-22-19(12-25(26)36-3)27(18(16-30)17-31-22)32-23-15-24(35-2)21(29)13-20(23)28/h12-15,17H,4-11H2,1-3H3,(H,31,32)/i1D3. The predicted octanol–water partition coefficient (Wildman–Crippen LogP) is 5.58. The minimum atomic E-state index is -2.02. The van der Waals surface area contributed by atoms with Crippen LogP contribution in [0.5, 0.6) is 17.2 Å². The first-order valence-corrected chi connectivity index (χ1v) is 12.7. The van der Waals surface area contributed by atoms with Gasteiger partial charge in [-0.2, -0.15) is 5.26 Å². The zero-order valence-corrected chi connectivity index (χ0v) is 22.3. The third-order valence-electron chi connectivity index (χ3n) is 6.27. The maximum atomic E-state index is 9.77. The van der Waals surface area contributed by atoms with E-state index in [-0.39, 0.29) is 0 Å². The number of ether oxygens (including phenoxy) is 3. The van der Waals surface area contributed by atoms with E-state index in [9.17, 15) is 5.26 Å². The van der Waals surface area contributed by atoms with E-state index in [0.717, 1.165) is 32.5 Å². The first-order chi connectivity index (χ1) is 19.1. The average molecular weight is 548 g/mol. The van der Waals surface area contributed by atoms with E-state index in [0.29, 0.717) is 74.8 Å². The molecule has 1 saturated heterocycles. The van der Waals surface area contributed by atoms with E-state index in [4.69, 9.17) is 41.5 Å². The third kappa shape index (κ3) is 6.49. The molecule has 1 aliphatic heterocycles. The molecule has 196 valence electrons. The number of likely N-dealkylation sites (N-methyl/N-ethyl adjacent to an activating group) is 1. The van der Waals surface area contributed by atoms with Gasteiger partial charge >= 0.3 is 0 Å². The number of aromatic nitrogens is 1. The Labute approximate surface area is 231 Å².